The van der Waals surface area contributed by atoms with Crippen LogP contribution in [0.15, 0.2) is 30.3 Å². The van der Waals surface area contributed by atoms with Crippen molar-refractivity contribution in [2.45, 2.75) is 64.0 Å². The van der Waals surface area contributed by atoms with E-state index in [1.165, 1.54) is 5.56 Å². The van der Waals surface area contributed by atoms with Gasteiger partial charge in [0.25, 0.3) is 0 Å². The van der Waals surface area contributed by atoms with Crippen LogP contribution in [0.2, 0.25) is 0 Å². The van der Waals surface area contributed by atoms with Crippen molar-refractivity contribution >= 4 is 11.9 Å². The van der Waals surface area contributed by atoms with Gasteiger partial charge in [0.2, 0.25) is 5.91 Å². The summed E-state index contributed by atoms with van der Waals surface area (Å²) >= 11 is 0. The first kappa shape index (κ1) is 19.9. The van der Waals surface area contributed by atoms with E-state index in [2.05, 4.69) is 29.2 Å². The Labute approximate surface area is 162 Å². The van der Waals surface area contributed by atoms with Gasteiger partial charge in [-0.1, -0.05) is 30.3 Å². The molecule has 148 valence electrons. The van der Waals surface area contributed by atoms with E-state index in [1.54, 1.807) is 4.90 Å². The van der Waals surface area contributed by atoms with Gasteiger partial charge in [0, 0.05) is 12.6 Å². The third kappa shape index (κ3) is 5.32. The average molecular weight is 373 g/mol. The highest BCUT2D eigenvalue weighted by molar-refractivity contribution is 5.85. The smallest absolute Gasteiger partial charge is 0.328 e. The number of piperidine rings is 1. The Kier molecular flexibility index (Phi) is 7.27. The Balaban J connectivity index is 1.55. The Hall–Kier alpha value is -1.88. The fourth-order valence-corrected chi connectivity index (χ4v) is 4.39. The zero-order chi connectivity index (χ0) is 19.1. The van der Waals surface area contributed by atoms with Crippen molar-refractivity contribution in [1.82, 2.24) is 9.80 Å². The summed E-state index contributed by atoms with van der Waals surface area (Å²) in [6, 6.07) is 10.6. The highest BCUT2D eigenvalue weighted by Crippen LogP contribution is 2.24. The Morgan fingerprint density at radius 1 is 1.07 bits per heavy atom. The molecule has 2 aliphatic heterocycles. The van der Waals surface area contributed by atoms with Crippen LogP contribution in [0.3, 0.4) is 0 Å². The molecule has 2 unspecified atom stereocenters. The molecular formula is C22H32N2O3. The zero-order valence-corrected chi connectivity index (χ0v) is 16.4. The van der Waals surface area contributed by atoms with Crippen molar-refractivity contribution in [3.63, 3.8) is 0 Å². The number of aryl methyl sites for hydroxylation is 1. The number of ether oxygens (including phenoxy) is 1. The molecule has 0 aliphatic carbocycles. The van der Waals surface area contributed by atoms with E-state index in [1.807, 2.05) is 13.0 Å². The highest BCUT2D eigenvalue weighted by atomic mass is 16.5. The van der Waals surface area contributed by atoms with Gasteiger partial charge in [-0.2, -0.15) is 0 Å². The third-order valence-electron chi connectivity index (χ3n) is 5.83. The maximum Gasteiger partial charge on any atom is 0.328 e. The van der Waals surface area contributed by atoms with Crippen molar-refractivity contribution in [3.05, 3.63) is 35.9 Å². The summed E-state index contributed by atoms with van der Waals surface area (Å²) in [6.45, 7) is 4.25. The van der Waals surface area contributed by atoms with Crippen LogP contribution in [0.1, 0.15) is 51.0 Å². The minimum absolute atomic E-state index is 0.0827. The zero-order valence-electron chi connectivity index (χ0n) is 16.4. The number of esters is 1. The minimum Gasteiger partial charge on any atom is -0.464 e. The minimum atomic E-state index is -0.392. The monoisotopic (exact) mass is 372 g/mol. The van der Waals surface area contributed by atoms with Crippen molar-refractivity contribution < 1.29 is 14.3 Å². The van der Waals surface area contributed by atoms with Crippen LogP contribution in [0.25, 0.3) is 0 Å². The van der Waals surface area contributed by atoms with Gasteiger partial charge in [-0.25, -0.2) is 4.79 Å². The van der Waals surface area contributed by atoms with Gasteiger partial charge in [-0.15, -0.1) is 0 Å². The van der Waals surface area contributed by atoms with Crippen molar-refractivity contribution in [2.75, 3.05) is 26.2 Å². The number of carbonyl (C=O) groups excluding carboxylic acids is 2. The van der Waals surface area contributed by atoms with Gasteiger partial charge in [0.1, 0.15) is 6.04 Å². The van der Waals surface area contributed by atoms with E-state index in [0.29, 0.717) is 25.7 Å². The number of hydrogen-bond donors (Lipinski definition) is 0. The number of likely N-dealkylation sites (tertiary alicyclic amines) is 2. The van der Waals surface area contributed by atoms with E-state index in [9.17, 15) is 9.59 Å². The van der Waals surface area contributed by atoms with Crippen LogP contribution < -0.4 is 0 Å². The van der Waals surface area contributed by atoms with Gasteiger partial charge in [0.05, 0.1) is 13.2 Å². The molecule has 0 saturated carbocycles. The molecule has 2 heterocycles. The lowest BCUT2D eigenvalue weighted by Gasteiger charge is -2.36. The molecule has 0 bridgehead atoms. The number of rotatable bonds is 7. The van der Waals surface area contributed by atoms with E-state index in [-0.39, 0.29) is 11.9 Å². The summed E-state index contributed by atoms with van der Waals surface area (Å²) in [5.74, 6) is -0.160. The quantitative estimate of drug-likeness (QED) is 0.691. The number of nitrogens with zero attached hydrogens (tertiary/aromatic N) is 2. The van der Waals surface area contributed by atoms with Crippen LogP contribution in [0, 0.1) is 0 Å². The predicted molar refractivity (Wildman–Crippen MR) is 105 cm³/mol. The highest BCUT2D eigenvalue weighted by Gasteiger charge is 2.35. The lowest BCUT2D eigenvalue weighted by atomic mass is 10.0. The maximum atomic E-state index is 13.0. The summed E-state index contributed by atoms with van der Waals surface area (Å²) < 4.78 is 5.19. The van der Waals surface area contributed by atoms with Crippen LogP contribution in [-0.2, 0) is 20.7 Å². The molecule has 3 rings (SSSR count). The number of amides is 1. The van der Waals surface area contributed by atoms with Gasteiger partial charge >= 0.3 is 5.97 Å². The molecule has 1 amide bonds. The largest absolute Gasteiger partial charge is 0.464 e. The number of carbonyl (C=O) groups is 2. The molecule has 2 saturated heterocycles. The first-order valence-electron chi connectivity index (χ1n) is 10.4. The summed E-state index contributed by atoms with van der Waals surface area (Å²) in [5.41, 5.74) is 1.36. The fraction of sp³-hybridized carbons (Fsp3) is 0.636. The molecule has 1 aromatic rings. The molecule has 0 radical (unpaired) electrons. The Bertz CT molecular complexity index is 619. The van der Waals surface area contributed by atoms with E-state index >= 15 is 0 Å². The molecule has 2 fully saturated rings. The van der Waals surface area contributed by atoms with Gasteiger partial charge in [-0.05, 0) is 64.0 Å². The van der Waals surface area contributed by atoms with Crippen molar-refractivity contribution in [2.24, 2.45) is 0 Å². The average Bonchev–Trinajstić information content (AvgIpc) is 3.14. The summed E-state index contributed by atoms with van der Waals surface area (Å²) in [5, 5.41) is 0. The summed E-state index contributed by atoms with van der Waals surface area (Å²) in [4.78, 5) is 29.3. The van der Waals surface area contributed by atoms with Gasteiger partial charge in [-0.3, -0.25) is 9.69 Å². The van der Waals surface area contributed by atoms with Crippen LogP contribution in [0.5, 0.6) is 0 Å². The Morgan fingerprint density at radius 2 is 1.89 bits per heavy atom. The van der Waals surface area contributed by atoms with Crippen LogP contribution in [-0.4, -0.2) is 60.0 Å². The molecule has 5 nitrogen and oxygen atoms in total. The molecule has 0 spiro atoms. The SMILES string of the molecule is CCOC(=O)C1CCCCN1C(=O)CN1CCCC1CCc1ccccc1. The first-order chi connectivity index (χ1) is 13.2. The standard InChI is InChI=1S/C22H32N2O3/c1-2-27-22(26)20-12-6-7-16-24(20)21(25)17-23-15-8-11-19(23)14-13-18-9-4-3-5-10-18/h3-5,9-10,19-20H,2,6-8,11-17H2,1H3. The van der Waals surface area contributed by atoms with E-state index in [0.717, 1.165) is 51.5 Å². The fourth-order valence-electron chi connectivity index (χ4n) is 4.39. The van der Waals surface area contributed by atoms with Crippen molar-refractivity contribution in [1.29, 1.82) is 0 Å². The molecule has 2 aliphatic rings. The summed E-state index contributed by atoms with van der Waals surface area (Å²) in [7, 11) is 0. The van der Waals surface area contributed by atoms with Gasteiger partial charge < -0.3 is 9.64 Å². The molecule has 5 heteroatoms. The molecular weight excluding hydrogens is 340 g/mol. The lowest BCUT2D eigenvalue weighted by molar-refractivity contribution is -0.157. The number of benzene rings is 1. The second-order valence-electron chi connectivity index (χ2n) is 7.64. The second kappa shape index (κ2) is 9.88. The molecule has 27 heavy (non-hydrogen) atoms. The molecule has 0 N–H and O–H groups in total. The van der Waals surface area contributed by atoms with E-state index < -0.39 is 6.04 Å². The molecule has 2 atom stereocenters. The molecule has 1 aromatic carbocycles. The normalized spacial score (nSPS) is 23.4. The predicted octanol–water partition coefficient (Wildman–Crippen LogP) is 3.03. The van der Waals surface area contributed by atoms with E-state index in [4.69, 9.17) is 4.74 Å². The first-order valence-corrected chi connectivity index (χ1v) is 10.4. The summed E-state index contributed by atoms with van der Waals surface area (Å²) in [6.07, 6.45) is 7.11. The topological polar surface area (TPSA) is 49.9 Å². The van der Waals surface area contributed by atoms with Crippen LogP contribution >= 0.6 is 0 Å². The lowest BCUT2D eigenvalue weighted by Crippen LogP contribution is -2.52. The number of hydrogen-bond acceptors (Lipinski definition) is 4. The van der Waals surface area contributed by atoms with Gasteiger partial charge in [0.15, 0.2) is 0 Å². The van der Waals surface area contributed by atoms with Crippen LogP contribution in [0.4, 0.5) is 0 Å². The van der Waals surface area contributed by atoms with Crippen molar-refractivity contribution in [3.8, 4) is 0 Å². The maximum absolute atomic E-state index is 13.0. The second-order valence-corrected chi connectivity index (χ2v) is 7.64. The Morgan fingerprint density at radius 3 is 2.67 bits per heavy atom. The molecule has 0 aromatic heterocycles. The third-order valence-corrected chi connectivity index (χ3v) is 5.83.